The zero-order valence-corrected chi connectivity index (χ0v) is 9.03. The quantitative estimate of drug-likeness (QED) is 0.807. The van der Waals surface area contributed by atoms with E-state index in [9.17, 15) is 0 Å². The van der Waals surface area contributed by atoms with Crippen molar-refractivity contribution >= 4 is 0 Å². The van der Waals surface area contributed by atoms with E-state index in [0.29, 0.717) is 25.0 Å². The van der Waals surface area contributed by atoms with Crippen molar-refractivity contribution in [2.75, 3.05) is 19.7 Å². The van der Waals surface area contributed by atoms with Gasteiger partial charge in [-0.3, -0.25) is 0 Å². The molecule has 1 N–H and O–H groups in total. The van der Waals surface area contributed by atoms with Crippen LogP contribution in [0.5, 0.6) is 0 Å². The number of piperidine rings is 1. The molecule has 5 heteroatoms. The van der Waals surface area contributed by atoms with Gasteiger partial charge in [0, 0.05) is 13.2 Å². The number of ether oxygens (including phenoxy) is 1. The minimum absolute atomic E-state index is 0.377. The lowest BCUT2D eigenvalue weighted by molar-refractivity contribution is 0.126. The van der Waals surface area contributed by atoms with Gasteiger partial charge in [-0.2, -0.15) is 4.98 Å². The summed E-state index contributed by atoms with van der Waals surface area (Å²) in [5, 5.41) is 7.22. The molecule has 0 spiro atoms. The van der Waals surface area contributed by atoms with Gasteiger partial charge in [-0.25, -0.2) is 0 Å². The van der Waals surface area contributed by atoms with Crippen LogP contribution in [0.4, 0.5) is 0 Å². The van der Waals surface area contributed by atoms with Gasteiger partial charge in [0.15, 0.2) is 5.82 Å². The summed E-state index contributed by atoms with van der Waals surface area (Å²) in [6, 6.07) is 0. The average Bonchev–Trinajstić information content (AvgIpc) is 2.76. The molecule has 0 aliphatic carbocycles. The van der Waals surface area contributed by atoms with Crippen molar-refractivity contribution in [2.24, 2.45) is 0 Å². The molecule has 1 aliphatic rings. The Morgan fingerprint density at radius 3 is 3.27 bits per heavy atom. The maximum Gasteiger partial charge on any atom is 0.231 e. The highest BCUT2D eigenvalue weighted by Crippen LogP contribution is 2.21. The minimum Gasteiger partial charge on any atom is -0.374 e. The van der Waals surface area contributed by atoms with E-state index in [1.807, 2.05) is 6.92 Å². The van der Waals surface area contributed by atoms with Crippen LogP contribution < -0.4 is 5.32 Å². The molecule has 1 aliphatic heterocycles. The van der Waals surface area contributed by atoms with Gasteiger partial charge in [0.05, 0.1) is 5.92 Å². The Labute approximate surface area is 89.2 Å². The summed E-state index contributed by atoms with van der Waals surface area (Å²) < 4.78 is 10.4. The van der Waals surface area contributed by atoms with Crippen molar-refractivity contribution in [1.29, 1.82) is 0 Å². The molecular formula is C10H17N3O2. The molecule has 0 aromatic carbocycles. The molecule has 1 aromatic rings. The van der Waals surface area contributed by atoms with E-state index in [-0.39, 0.29) is 0 Å². The Morgan fingerprint density at radius 1 is 1.60 bits per heavy atom. The summed E-state index contributed by atoms with van der Waals surface area (Å²) in [5.41, 5.74) is 0. The Balaban J connectivity index is 1.93. The molecule has 1 aromatic heterocycles. The van der Waals surface area contributed by atoms with E-state index >= 15 is 0 Å². The zero-order chi connectivity index (χ0) is 10.5. The molecule has 1 atom stereocenters. The van der Waals surface area contributed by atoms with Crippen molar-refractivity contribution in [3.63, 3.8) is 0 Å². The number of aromatic nitrogens is 2. The largest absolute Gasteiger partial charge is 0.374 e. The van der Waals surface area contributed by atoms with E-state index in [2.05, 4.69) is 15.5 Å². The molecule has 5 nitrogen and oxygen atoms in total. The maximum atomic E-state index is 5.22. The predicted octanol–water partition coefficient (Wildman–Crippen LogP) is 1.07. The fourth-order valence-corrected chi connectivity index (χ4v) is 1.75. The molecule has 1 saturated heterocycles. The fraction of sp³-hybridized carbons (Fsp3) is 0.800. The van der Waals surface area contributed by atoms with Crippen LogP contribution in [0, 0.1) is 0 Å². The SMILES string of the molecule is CCOCc1noc([C@@H]2CCCNC2)n1. The van der Waals surface area contributed by atoms with E-state index in [4.69, 9.17) is 9.26 Å². The molecular weight excluding hydrogens is 194 g/mol. The van der Waals surface area contributed by atoms with Crippen LogP contribution in [0.3, 0.4) is 0 Å². The summed E-state index contributed by atoms with van der Waals surface area (Å²) in [5.74, 6) is 1.77. The van der Waals surface area contributed by atoms with Crippen LogP contribution in [0.25, 0.3) is 0 Å². The molecule has 2 rings (SSSR count). The van der Waals surface area contributed by atoms with E-state index in [1.54, 1.807) is 0 Å². The van der Waals surface area contributed by atoms with Crippen LogP contribution in [0.2, 0.25) is 0 Å². The molecule has 0 bridgehead atoms. The third kappa shape index (κ3) is 2.76. The molecule has 0 unspecified atom stereocenters. The van der Waals surface area contributed by atoms with Gasteiger partial charge < -0.3 is 14.6 Å². The first-order valence-corrected chi connectivity index (χ1v) is 5.51. The smallest absolute Gasteiger partial charge is 0.231 e. The minimum atomic E-state index is 0.377. The second-order valence-corrected chi connectivity index (χ2v) is 3.73. The molecule has 15 heavy (non-hydrogen) atoms. The predicted molar refractivity (Wildman–Crippen MR) is 54.5 cm³/mol. The Kier molecular flexibility index (Phi) is 3.69. The number of hydrogen-bond acceptors (Lipinski definition) is 5. The fourth-order valence-electron chi connectivity index (χ4n) is 1.75. The summed E-state index contributed by atoms with van der Waals surface area (Å²) in [4.78, 5) is 4.33. The monoisotopic (exact) mass is 211 g/mol. The van der Waals surface area contributed by atoms with Crippen LogP contribution in [-0.4, -0.2) is 29.8 Å². The van der Waals surface area contributed by atoms with Crippen molar-refractivity contribution in [3.8, 4) is 0 Å². The topological polar surface area (TPSA) is 60.2 Å². The molecule has 0 saturated carbocycles. The van der Waals surface area contributed by atoms with Gasteiger partial charge in [-0.1, -0.05) is 5.16 Å². The number of nitrogens with one attached hydrogen (secondary N) is 1. The maximum absolute atomic E-state index is 5.22. The lowest BCUT2D eigenvalue weighted by Crippen LogP contribution is -2.28. The molecule has 0 radical (unpaired) electrons. The van der Waals surface area contributed by atoms with Crippen LogP contribution in [0.15, 0.2) is 4.52 Å². The summed E-state index contributed by atoms with van der Waals surface area (Å²) in [7, 11) is 0. The molecule has 2 heterocycles. The summed E-state index contributed by atoms with van der Waals surface area (Å²) >= 11 is 0. The first-order chi connectivity index (χ1) is 7.40. The van der Waals surface area contributed by atoms with Crippen molar-refractivity contribution in [3.05, 3.63) is 11.7 Å². The van der Waals surface area contributed by atoms with Crippen molar-refractivity contribution in [2.45, 2.75) is 32.3 Å². The number of hydrogen-bond donors (Lipinski definition) is 1. The first-order valence-electron chi connectivity index (χ1n) is 5.51. The lowest BCUT2D eigenvalue weighted by Gasteiger charge is -2.18. The van der Waals surface area contributed by atoms with Gasteiger partial charge in [0.1, 0.15) is 6.61 Å². The second kappa shape index (κ2) is 5.23. The van der Waals surface area contributed by atoms with Crippen molar-refractivity contribution in [1.82, 2.24) is 15.5 Å². The molecule has 84 valence electrons. The van der Waals surface area contributed by atoms with Gasteiger partial charge >= 0.3 is 0 Å². The number of rotatable bonds is 4. The average molecular weight is 211 g/mol. The highest BCUT2D eigenvalue weighted by atomic mass is 16.5. The van der Waals surface area contributed by atoms with Gasteiger partial charge in [0.25, 0.3) is 0 Å². The Hall–Kier alpha value is -0.940. The summed E-state index contributed by atoms with van der Waals surface area (Å²) in [6.45, 7) is 5.10. The Bertz CT molecular complexity index is 295. The normalized spacial score (nSPS) is 21.8. The van der Waals surface area contributed by atoms with E-state index < -0.39 is 0 Å². The molecule has 1 fully saturated rings. The zero-order valence-electron chi connectivity index (χ0n) is 9.03. The Morgan fingerprint density at radius 2 is 2.53 bits per heavy atom. The third-order valence-corrected chi connectivity index (χ3v) is 2.57. The second-order valence-electron chi connectivity index (χ2n) is 3.73. The van der Waals surface area contributed by atoms with Crippen molar-refractivity contribution < 1.29 is 9.26 Å². The first kappa shape index (κ1) is 10.6. The third-order valence-electron chi connectivity index (χ3n) is 2.57. The lowest BCUT2D eigenvalue weighted by atomic mass is 10.00. The van der Waals surface area contributed by atoms with Gasteiger partial charge in [0.2, 0.25) is 5.89 Å². The van der Waals surface area contributed by atoms with Gasteiger partial charge in [-0.05, 0) is 26.3 Å². The molecule has 0 amide bonds. The van der Waals surface area contributed by atoms with Gasteiger partial charge in [-0.15, -0.1) is 0 Å². The van der Waals surface area contributed by atoms with Crippen LogP contribution in [0.1, 0.15) is 37.4 Å². The van der Waals surface area contributed by atoms with E-state index in [0.717, 1.165) is 25.4 Å². The standard InChI is InChI=1S/C10H17N3O2/c1-2-14-7-9-12-10(15-13-9)8-4-3-5-11-6-8/h8,11H,2-7H2,1H3/t8-/m1/s1. The highest BCUT2D eigenvalue weighted by molar-refractivity contribution is 4.96. The van der Waals surface area contributed by atoms with Crippen LogP contribution in [-0.2, 0) is 11.3 Å². The summed E-state index contributed by atoms with van der Waals surface area (Å²) in [6.07, 6.45) is 2.30. The van der Waals surface area contributed by atoms with E-state index in [1.165, 1.54) is 6.42 Å². The van der Waals surface area contributed by atoms with Crippen LogP contribution >= 0.6 is 0 Å². The number of nitrogens with zero attached hydrogens (tertiary/aromatic N) is 2. The highest BCUT2D eigenvalue weighted by Gasteiger charge is 2.21.